The molecule has 0 saturated carbocycles. The number of thioether (sulfide) groups is 1. The second-order valence-corrected chi connectivity index (χ2v) is 6.62. The maximum absolute atomic E-state index is 13.9. The highest BCUT2D eigenvalue weighted by Gasteiger charge is 2.27. The van der Waals surface area contributed by atoms with Gasteiger partial charge in [-0.1, -0.05) is 36.9 Å². The van der Waals surface area contributed by atoms with Crippen LogP contribution in [0.25, 0.3) is 0 Å². The molecule has 0 radical (unpaired) electrons. The zero-order chi connectivity index (χ0) is 16.0. The predicted octanol–water partition coefficient (Wildman–Crippen LogP) is 3.67. The maximum atomic E-state index is 13.9. The van der Waals surface area contributed by atoms with Gasteiger partial charge in [0, 0.05) is 5.56 Å². The van der Waals surface area contributed by atoms with E-state index in [0.29, 0.717) is 5.75 Å². The van der Waals surface area contributed by atoms with Crippen molar-refractivity contribution in [2.24, 2.45) is 0 Å². The lowest BCUT2D eigenvalue weighted by molar-refractivity contribution is -0.113. The maximum Gasteiger partial charge on any atom is 0.408 e. The van der Waals surface area contributed by atoms with E-state index < -0.39 is 23.6 Å². The number of ether oxygens (including phenoxy) is 1. The van der Waals surface area contributed by atoms with E-state index in [0.717, 1.165) is 11.8 Å². The normalized spacial score (nSPS) is 12.6. The predicted molar refractivity (Wildman–Crippen MR) is 81.6 cm³/mol. The summed E-state index contributed by atoms with van der Waals surface area (Å²) < 4.78 is 19.0. The molecule has 0 saturated heterocycles. The van der Waals surface area contributed by atoms with Gasteiger partial charge in [0.15, 0.2) is 0 Å². The van der Waals surface area contributed by atoms with Crippen molar-refractivity contribution in [3.8, 4) is 0 Å². The Kier molecular flexibility index (Phi) is 6.20. The fourth-order valence-corrected chi connectivity index (χ4v) is 2.26. The first-order valence-electron chi connectivity index (χ1n) is 6.65. The van der Waals surface area contributed by atoms with Gasteiger partial charge in [-0.05, 0) is 32.6 Å². The Morgan fingerprint density at radius 1 is 1.33 bits per heavy atom. The van der Waals surface area contributed by atoms with Crippen molar-refractivity contribution in [1.82, 2.24) is 5.32 Å². The fraction of sp³-hybridized carbons (Fsp3) is 0.467. The van der Waals surface area contributed by atoms with Crippen LogP contribution in [0.15, 0.2) is 24.3 Å². The summed E-state index contributed by atoms with van der Waals surface area (Å²) in [5, 5.41) is 2.12. The first-order chi connectivity index (χ1) is 9.74. The van der Waals surface area contributed by atoms with Gasteiger partial charge in [0.05, 0.1) is 0 Å². The third kappa shape index (κ3) is 5.75. The summed E-state index contributed by atoms with van der Waals surface area (Å²) in [7, 11) is 0. The van der Waals surface area contributed by atoms with Crippen LogP contribution in [0.1, 0.15) is 39.3 Å². The van der Waals surface area contributed by atoms with Crippen molar-refractivity contribution >= 4 is 23.0 Å². The highest BCUT2D eigenvalue weighted by atomic mass is 32.2. The molecule has 116 valence electrons. The Morgan fingerprint density at radius 2 is 1.95 bits per heavy atom. The number of alkyl carbamates (subject to hydrolysis) is 1. The van der Waals surface area contributed by atoms with Gasteiger partial charge in [0.25, 0.3) is 0 Å². The molecule has 1 rings (SSSR count). The summed E-state index contributed by atoms with van der Waals surface area (Å²) in [5.74, 6) is 0.00313. The van der Waals surface area contributed by atoms with Crippen LogP contribution in [-0.2, 0) is 9.53 Å². The molecule has 1 aromatic carbocycles. The van der Waals surface area contributed by atoms with Crippen molar-refractivity contribution in [2.75, 3.05) is 5.75 Å². The van der Waals surface area contributed by atoms with E-state index in [1.807, 2.05) is 6.92 Å². The van der Waals surface area contributed by atoms with E-state index >= 15 is 0 Å². The van der Waals surface area contributed by atoms with Crippen molar-refractivity contribution < 1.29 is 18.7 Å². The summed E-state index contributed by atoms with van der Waals surface area (Å²) in [5.41, 5.74) is -0.556. The molecule has 4 nitrogen and oxygen atoms in total. The lowest BCUT2D eigenvalue weighted by atomic mass is 10.1. The SMILES string of the molecule is CCSC(=O)C(NC(=O)OC(C)(C)C)c1ccccc1F. The van der Waals surface area contributed by atoms with Crippen LogP contribution in [0.2, 0.25) is 0 Å². The summed E-state index contributed by atoms with van der Waals surface area (Å²) in [6, 6.07) is 4.81. The number of benzene rings is 1. The van der Waals surface area contributed by atoms with Gasteiger partial charge in [-0.15, -0.1) is 0 Å². The first-order valence-corrected chi connectivity index (χ1v) is 7.63. The minimum atomic E-state index is -1.06. The van der Waals surface area contributed by atoms with E-state index in [1.165, 1.54) is 18.2 Å². The Hall–Kier alpha value is -1.56. The zero-order valence-electron chi connectivity index (χ0n) is 12.6. The van der Waals surface area contributed by atoms with E-state index in [2.05, 4.69) is 5.32 Å². The minimum absolute atomic E-state index is 0.134. The van der Waals surface area contributed by atoms with E-state index in [4.69, 9.17) is 4.74 Å². The highest BCUT2D eigenvalue weighted by Crippen LogP contribution is 2.23. The van der Waals surface area contributed by atoms with Crippen molar-refractivity contribution in [2.45, 2.75) is 39.3 Å². The van der Waals surface area contributed by atoms with E-state index in [-0.39, 0.29) is 10.7 Å². The van der Waals surface area contributed by atoms with Gasteiger partial charge in [-0.3, -0.25) is 4.79 Å². The quantitative estimate of drug-likeness (QED) is 0.921. The molecule has 0 spiro atoms. The zero-order valence-corrected chi connectivity index (χ0v) is 13.4. The summed E-state index contributed by atoms with van der Waals surface area (Å²) in [4.78, 5) is 24.0. The second-order valence-electron chi connectivity index (χ2n) is 5.35. The molecule has 0 aliphatic heterocycles. The molecule has 21 heavy (non-hydrogen) atoms. The summed E-state index contributed by atoms with van der Waals surface area (Å²) in [6.07, 6.45) is -0.749. The molecule has 1 N–H and O–H groups in total. The first kappa shape index (κ1) is 17.5. The van der Waals surface area contributed by atoms with Gasteiger partial charge in [0.2, 0.25) is 5.12 Å². The molecule has 0 bridgehead atoms. The Labute approximate surface area is 128 Å². The Morgan fingerprint density at radius 3 is 2.48 bits per heavy atom. The molecular formula is C15H20FNO3S. The monoisotopic (exact) mass is 313 g/mol. The Bertz CT molecular complexity index is 514. The lowest BCUT2D eigenvalue weighted by Gasteiger charge is -2.23. The number of halogens is 1. The van der Waals surface area contributed by atoms with Gasteiger partial charge >= 0.3 is 6.09 Å². The highest BCUT2D eigenvalue weighted by molar-refractivity contribution is 8.13. The number of rotatable bonds is 4. The van der Waals surface area contributed by atoms with Gasteiger partial charge in [0.1, 0.15) is 17.5 Å². The number of carbonyl (C=O) groups is 2. The number of hydrogen-bond donors (Lipinski definition) is 1. The standard InChI is InChI=1S/C15H20FNO3S/c1-5-21-13(18)12(10-8-6-7-9-11(10)16)17-14(19)20-15(2,3)4/h6-9,12H,5H2,1-4H3,(H,17,19). The molecule has 0 heterocycles. The van der Waals surface area contributed by atoms with Crippen molar-refractivity contribution in [1.29, 1.82) is 0 Å². The average molecular weight is 313 g/mol. The van der Waals surface area contributed by atoms with Gasteiger partial charge in [-0.25, -0.2) is 9.18 Å². The van der Waals surface area contributed by atoms with Gasteiger partial charge in [-0.2, -0.15) is 0 Å². The molecule has 0 aliphatic carbocycles. The number of amides is 1. The topological polar surface area (TPSA) is 55.4 Å². The average Bonchev–Trinajstić information content (AvgIpc) is 2.35. The molecule has 0 aromatic heterocycles. The summed E-state index contributed by atoms with van der Waals surface area (Å²) in [6.45, 7) is 6.96. The molecule has 0 aliphatic rings. The number of nitrogens with one attached hydrogen (secondary N) is 1. The molecule has 1 amide bonds. The summed E-state index contributed by atoms with van der Waals surface area (Å²) >= 11 is 1.03. The third-order valence-corrected chi connectivity index (χ3v) is 3.21. The second kappa shape index (κ2) is 7.45. The molecule has 1 unspecified atom stereocenters. The molecule has 0 fully saturated rings. The van der Waals surface area contributed by atoms with E-state index in [9.17, 15) is 14.0 Å². The number of hydrogen-bond acceptors (Lipinski definition) is 4. The molecule has 1 aromatic rings. The molecule has 1 atom stereocenters. The number of carbonyl (C=O) groups excluding carboxylic acids is 2. The van der Waals surface area contributed by atoms with Crippen LogP contribution in [0.5, 0.6) is 0 Å². The van der Waals surface area contributed by atoms with Crippen LogP contribution >= 0.6 is 11.8 Å². The largest absolute Gasteiger partial charge is 0.444 e. The van der Waals surface area contributed by atoms with Crippen LogP contribution in [0, 0.1) is 5.82 Å². The smallest absolute Gasteiger partial charge is 0.408 e. The van der Waals surface area contributed by atoms with Crippen LogP contribution in [0.3, 0.4) is 0 Å². The van der Waals surface area contributed by atoms with Crippen LogP contribution < -0.4 is 5.32 Å². The van der Waals surface area contributed by atoms with Crippen molar-refractivity contribution in [3.05, 3.63) is 35.6 Å². The van der Waals surface area contributed by atoms with Crippen LogP contribution in [-0.4, -0.2) is 22.6 Å². The van der Waals surface area contributed by atoms with Crippen LogP contribution in [0.4, 0.5) is 9.18 Å². The fourth-order valence-electron chi connectivity index (χ4n) is 1.62. The minimum Gasteiger partial charge on any atom is -0.444 e. The molecular weight excluding hydrogens is 293 g/mol. The molecule has 6 heteroatoms. The third-order valence-electron chi connectivity index (χ3n) is 2.40. The van der Waals surface area contributed by atoms with Gasteiger partial charge < -0.3 is 10.1 Å². The van der Waals surface area contributed by atoms with E-state index in [1.54, 1.807) is 26.8 Å². The Balaban J connectivity index is 2.96. The van der Waals surface area contributed by atoms with Crippen molar-refractivity contribution in [3.63, 3.8) is 0 Å². The lowest BCUT2D eigenvalue weighted by Crippen LogP contribution is -2.37.